The molecule has 1 aromatic carbocycles. The number of rotatable bonds is 4. The lowest BCUT2D eigenvalue weighted by Gasteiger charge is -2.17. The Morgan fingerprint density at radius 2 is 2.00 bits per heavy atom. The molecule has 1 aliphatic rings. The van der Waals surface area contributed by atoms with E-state index < -0.39 is 0 Å². The highest BCUT2D eigenvalue weighted by atomic mass is 16.3. The Morgan fingerprint density at radius 3 is 2.74 bits per heavy atom. The Labute approximate surface area is 114 Å². The van der Waals surface area contributed by atoms with E-state index >= 15 is 0 Å². The lowest BCUT2D eigenvalue weighted by molar-refractivity contribution is 0.407. The number of furan rings is 1. The van der Waals surface area contributed by atoms with Crippen molar-refractivity contribution in [2.24, 2.45) is 0 Å². The minimum absolute atomic E-state index is 0.498. The Bertz CT molecular complexity index is 517. The van der Waals surface area contributed by atoms with Crippen LogP contribution >= 0.6 is 0 Å². The second-order valence-electron chi connectivity index (χ2n) is 5.30. The summed E-state index contributed by atoms with van der Waals surface area (Å²) in [5, 5.41) is 3.62. The van der Waals surface area contributed by atoms with Crippen LogP contribution in [-0.2, 0) is 12.8 Å². The SMILES string of the molecule is CCc1ccc(C2CCNC2Cc2ccccc2)o1. The maximum atomic E-state index is 5.94. The third-order valence-electron chi connectivity index (χ3n) is 4.04. The van der Waals surface area contributed by atoms with Crippen LogP contribution in [0.3, 0.4) is 0 Å². The molecule has 2 heteroatoms. The maximum Gasteiger partial charge on any atom is 0.108 e. The topological polar surface area (TPSA) is 25.2 Å². The molecular formula is C17H21NO. The van der Waals surface area contributed by atoms with Crippen molar-refractivity contribution in [3.8, 4) is 0 Å². The first kappa shape index (κ1) is 12.5. The van der Waals surface area contributed by atoms with E-state index in [1.54, 1.807) is 0 Å². The quantitative estimate of drug-likeness (QED) is 0.904. The van der Waals surface area contributed by atoms with Gasteiger partial charge in [0.1, 0.15) is 11.5 Å². The lowest BCUT2D eigenvalue weighted by Crippen LogP contribution is -2.28. The molecule has 1 saturated heterocycles. The smallest absolute Gasteiger partial charge is 0.108 e. The Morgan fingerprint density at radius 1 is 1.16 bits per heavy atom. The van der Waals surface area contributed by atoms with E-state index in [0.717, 1.165) is 30.9 Å². The fourth-order valence-corrected chi connectivity index (χ4v) is 2.97. The van der Waals surface area contributed by atoms with Gasteiger partial charge in [0.2, 0.25) is 0 Å². The number of hydrogen-bond acceptors (Lipinski definition) is 2. The zero-order valence-electron chi connectivity index (χ0n) is 11.4. The zero-order chi connectivity index (χ0) is 13.1. The first-order valence-corrected chi connectivity index (χ1v) is 7.22. The van der Waals surface area contributed by atoms with Crippen LogP contribution in [0, 0.1) is 0 Å². The molecule has 1 N–H and O–H groups in total. The molecule has 1 fully saturated rings. The highest BCUT2D eigenvalue weighted by molar-refractivity contribution is 5.21. The summed E-state index contributed by atoms with van der Waals surface area (Å²) in [5.74, 6) is 2.77. The number of hydrogen-bond donors (Lipinski definition) is 1. The van der Waals surface area contributed by atoms with Crippen molar-refractivity contribution in [1.82, 2.24) is 5.32 Å². The average molecular weight is 255 g/mol. The van der Waals surface area contributed by atoms with E-state index in [-0.39, 0.29) is 0 Å². The van der Waals surface area contributed by atoms with Crippen molar-refractivity contribution in [3.63, 3.8) is 0 Å². The van der Waals surface area contributed by atoms with Gasteiger partial charge >= 0.3 is 0 Å². The standard InChI is InChI=1S/C17H21NO/c1-2-14-8-9-17(19-14)15-10-11-18-16(15)12-13-6-4-3-5-7-13/h3-9,15-16,18H,2,10-12H2,1H3. The van der Waals surface area contributed by atoms with Crippen molar-refractivity contribution in [2.45, 2.75) is 38.1 Å². The van der Waals surface area contributed by atoms with Crippen molar-refractivity contribution in [1.29, 1.82) is 0 Å². The van der Waals surface area contributed by atoms with Crippen LogP contribution in [0.2, 0.25) is 0 Å². The summed E-state index contributed by atoms with van der Waals surface area (Å²) in [6.07, 6.45) is 3.23. The molecule has 2 heterocycles. The van der Waals surface area contributed by atoms with Gasteiger partial charge in [-0.2, -0.15) is 0 Å². The monoisotopic (exact) mass is 255 g/mol. The van der Waals surface area contributed by atoms with E-state index in [4.69, 9.17) is 4.42 Å². The summed E-state index contributed by atoms with van der Waals surface area (Å²) in [7, 11) is 0. The Kier molecular flexibility index (Phi) is 3.69. The lowest BCUT2D eigenvalue weighted by atomic mass is 9.93. The molecular weight excluding hydrogens is 234 g/mol. The van der Waals surface area contributed by atoms with Gasteiger partial charge in [-0.05, 0) is 37.1 Å². The van der Waals surface area contributed by atoms with Crippen LogP contribution in [0.15, 0.2) is 46.9 Å². The molecule has 0 amide bonds. The predicted molar refractivity (Wildman–Crippen MR) is 77.4 cm³/mol. The summed E-state index contributed by atoms with van der Waals surface area (Å²) < 4.78 is 5.94. The Hall–Kier alpha value is -1.54. The van der Waals surface area contributed by atoms with Gasteiger partial charge in [0.15, 0.2) is 0 Å². The van der Waals surface area contributed by atoms with Crippen molar-refractivity contribution in [2.75, 3.05) is 6.54 Å². The van der Waals surface area contributed by atoms with Crippen molar-refractivity contribution >= 4 is 0 Å². The molecule has 0 radical (unpaired) electrons. The van der Waals surface area contributed by atoms with Gasteiger partial charge in [-0.15, -0.1) is 0 Å². The fraction of sp³-hybridized carbons (Fsp3) is 0.412. The largest absolute Gasteiger partial charge is 0.466 e. The number of aryl methyl sites for hydroxylation is 1. The van der Waals surface area contributed by atoms with E-state index in [0.29, 0.717) is 12.0 Å². The number of benzene rings is 1. The minimum atomic E-state index is 0.498. The van der Waals surface area contributed by atoms with E-state index in [1.165, 1.54) is 12.0 Å². The van der Waals surface area contributed by atoms with Crippen molar-refractivity contribution < 1.29 is 4.42 Å². The summed E-state index contributed by atoms with van der Waals surface area (Å²) in [5.41, 5.74) is 1.40. The Balaban J connectivity index is 1.74. The third-order valence-corrected chi connectivity index (χ3v) is 4.04. The van der Waals surface area contributed by atoms with Crippen LogP contribution in [0.25, 0.3) is 0 Å². The minimum Gasteiger partial charge on any atom is -0.466 e. The summed E-state index contributed by atoms with van der Waals surface area (Å²) in [4.78, 5) is 0. The summed E-state index contributed by atoms with van der Waals surface area (Å²) in [6, 6.07) is 15.5. The molecule has 2 unspecified atom stereocenters. The molecule has 100 valence electrons. The van der Waals surface area contributed by atoms with Crippen molar-refractivity contribution in [3.05, 3.63) is 59.5 Å². The highest BCUT2D eigenvalue weighted by Crippen LogP contribution is 2.31. The first-order chi connectivity index (χ1) is 9.36. The number of nitrogens with one attached hydrogen (secondary N) is 1. The molecule has 2 aromatic rings. The van der Waals surface area contributed by atoms with Gasteiger partial charge in [0.05, 0.1) is 0 Å². The molecule has 0 saturated carbocycles. The van der Waals surface area contributed by atoms with Crippen LogP contribution < -0.4 is 5.32 Å². The van der Waals surface area contributed by atoms with E-state index in [9.17, 15) is 0 Å². The molecule has 19 heavy (non-hydrogen) atoms. The van der Waals surface area contributed by atoms with Crippen LogP contribution in [-0.4, -0.2) is 12.6 Å². The first-order valence-electron chi connectivity index (χ1n) is 7.22. The fourth-order valence-electron chi connectivity index (χ4n) is 2.97. The second kappa shape index (κ2) is 5.62. The average Bonchev–Trinajstić information content (AvgIpc) is 3.08. The van der Waals surface area contributed by atoms with Gasteiger partial charge in [0, 0.05) is 18.4 Å². The van der Waals surface area contributed by atoms with Gasteiger partial charge in [-0.25, -0.2) is 0 Å². The van der Waals surface area contributed by atoms with Gasteiger partial charge in [-0.3, -0.25) is 0 Å². The zero-order valence-corrected chi connectivity index (χ0v) is 11.4. The molecule has 1 aliphatic heterocycles. The normalized spacial score (nSPS) is 22.8. The molecule has 0 aliphatic carbocycles. The summed E-state index contributed by atoms with van der Waals surface area (Å²) in [6.45, 7) is 3.22. The maximum absolute atomic E-state index is 5.94. The second-order valence-corrected chi connectivity index (χ2v) is 5.30. The van der Waals surface area contributed by atoms with Crippen LogP contribution in [0.5, 0.6) is 0 Å². The predicted octanol–water partition coefficient (Wildman–Crippen LogP) is 3.53. The molecule has 0 bridgehead atoms. The molecule has 1 aromatic heterocycles. The highest BCUT2D eigenvalue weighted by Gasteiger charge is 2.30. The van der Waals surface area contributed by atoms with Gasteiger partial charge < -0.3 is 9.73 Å². The molecule has 2 nitrogen and oxygen atoms in total. The third kappa shape index (κ3) is 2.74. The van der Waals surface area contributed by atoms with Gasteiger partial charge in [-0.1, -0.05) is 37.3 Å². The van der Waals surface area contributed by atoms with Crippen LogP contribution in [0.1, 0.15) is 36.3 Å². The summed E-state index contributed by atoms with van der Waals surface area (Å²) >= 11 is 0. The molecule has 3 rings (SSSR count). The molecule has 2 atom stereocenters. The van der Waals surface area contributed by atoms with E-state index in [2.05, 4.69) is 54.7 Å². The van der Waals surface area contributed by atoms with Gasteiger partial charge in [0.25, 0.3) is 0 Å². The molecule has 0 spiro atoms. The van der Waals surface area contributed by atoms with Crippen LogP contribution in [0.4, 0.5) is 0 Å². The van der Waals surface area contributed by atoms with E-state index in [1.807, 2.05) is 0 Å².